The molecule has 0 atom stereocenters. The highest BCUT2D eigenvalue weighted by atomic mass is 19.4. The molecule has 2 heterocycles. The minimum Gasteiger partial charge on any atom is -0.315 e. The summed E-state index contributed by atoms with van der Waals surface area (Å²) >= 11 is 0. The van der Waals surface area contributed by atoms with Crippen molar-refractivity contribution in [2.24, 2.45) is 0 Å². The topological polar surface area (TPSA) is 34.0 Å². The molecule has 1 aliphatic rings. The number of pyridine rings is 1. The van der Waals surface area contributed by atoms with Gasteiger partial charge in [-0.15, -0.1) is 0 Å². The lowest BCUT2D eigenvalue weighted by Gasteiger charge is -2.27. The molecular formula is C15H13F3N2O. The minimum absolute atomic E-state index is 0.475. The Labute approximate surface area is 119 Å². The first-order chi connectivity index (χ1) is 9.95. The Bertz CT molecular complexity index is 700. The molecule has 0 bridgehead atoms. The molecule has 1 saturated heterocycles. The highest BCUT2D eigenvalue weighted by Crippen LogP contribution is 2.28. The Morgan fingerprint density at radius 1 is 1.10 bits per heavy atom. The van der Waals surface area contributed by atoms with E-state index in [4.69, 9.17) is 0 Å². The van der Waals surface area contributed by atoms with Crippen LogP contribution in [0.4, 0.5) is 13.2 Å². The van der Waals surface area contributed by atoms with Crippen LogP contribution in [0.1, 0.15) is 17.0 Å². The lowest BCUT2D eigenvalue weighted by atomic mass is 9.94. The van der Waals surface area contributed by atoms with Gasteiger partial charge >= 0.3 is 6.18 Å². The van der Waals surface area contributed by atoms with E-state index < -0.39 is 17.3 Å². The lowest BCUT2D eigenvalue weighted by Crippen LogP contribution is -2.39. The van der Waals surface area contributed by atoms with Gasteiger partial charge in [0.2, 0.25) is 0 Å². The first-order valence-electron chi connectivity index (χ1n) is 6.56. The second-order valence-electron chi connectivity index (χ2n) is 5.07. The Kier molecular flexibility index (Phi) is 3.33. The van der Waals surface area contributed by atoms with Gasteiger partial charge in [0.1, 0.15) is 0 Å². The summed E-state index contributed by atoms with van der Waals surface area (Å²) < 4.78 is 38.8. The second-order valence-corrected chi connectivity index (χ2v) is 5.07. The summed E-state index contributed by atoms with van der Waals surface area (Å²) in [6.07, 6.45) is -3.34. The van der Waals surface area contributed by atoms with Crippen molar-refractivity contribution in [3.8, 4) is 5.69 Å². The van der Waals surface area contributed by atoms with Crippen molar-refractivity contribution in [2.75, 3.05) is 13.1 Å². The zero-order chi connectivity index (χ0) is 15.0. The number of hydrogen-bond acceptors (Lipinski definition) is 2. The van der Waals surface area contributed by atoms with E-state index in [9.17, 15) is 18.0 Å². The third-order valence-corrected chi connectivity index (χ3v) is 3.67. The predicted molar refractivity (Wildman–Crippen MR) is 72.7 cm³/mol. The third kappa shape index (κ3) is 2.71. The van der Waals surface area contributed by atoms with Crippen molar-refractivity contribution < 1.29 is 13.2 Å². The van der Waals surface area contributed by atoms with Crippen LogP contribution in [0.2, 0.25) is 0 Å². The van der Waals surface area contributed by atoms with Crippen molar-refractivity contribution in [3.63, 3.8) is 0 Å². The Morgan fingerprint density at radius 3 is 2.24 bits per heavy atom. The van der Waals surface area contributed by atoms with Crippen LogP contribution in [0.15, 0.2) is 47.4 Å². The zero-order valence-electron chi connectivity index (χ0n) is 11.0. The van der Waals surface area contributed by atoms with Gasteiger partial charge in [-0.3, -0.25) is 9.36 Å². The quantitative estimate of drug-likeness (QED) is 0.923. The summed E-state index contributed by atoms with van der Waals surface area (Å²) in [6.45, 7) is 1.86. The van der Waals surface area contributed by atoms with Crippen LogP contribution in [-0.4, -0.2) is 17.7 Å². The van der Waals surface area contributed by atoms with Gasteiger partial charge in [-0.2, -0.15) is 13.2 Å². The number of nitrogens with zero attached hydrogens (tertiary/aromatic N) is 1. The molecule has 0 saturated carbocycles. The molecule has 1 aromatic heterocycles. The molecule has 1 aliphatic heterocycles. The van der Waals surface area contributed by atoms with Crippen molar-refractivity contribution in [2.45, 2.75) is 12.1 Å². The van der Waals surface area contributed by atoms with E-state index in [0.29, 0.717) is 17.7 Å². The molecule has 2 aromatic rings. The minimum atomic E-state index is -4.50. The summed E-state index contributed by atoms with van der Waals surface area (Å²) in [5.74, 6) is 0.475. The number of halogens is 3. The molecule has 6 heteroatoms. The molecule has 1 fully saturated rings. The van der Waals surface area contributed by atoms with Crippen molar-refractivity contribution >= 4 is 0 Å². The molecule has 0 radical (unpaired) electrons. The molecule has 1 N–H and O–H groups in total. The van der Waals surface area contributed by atoms with Crippen LogP contribution in [0, 0.1) is 0 Å². The van der Waals surface area contributed by atoms with Crippen LogP contribution in [-0.2, 0) is 6.18 Å². The largest absolute Gasteiger partial charge is 0.416 e. The van der Waals surface area contributed by atoms with Gasteiger partial charge in [0.05, 0.1) is 5.56 Å². The number of hydrogen-bond donors (Lipinski definition) is 1. The Balaban J connectivity index is 1.91. The summed E-state index contributed by atoms with van der Waals surface area (Å²) in [4.78, 5) is 11.8. The fraction of sp³-hybridized carbons (Fsp3) is 0.267. The maximum atomic E-state index is 12.5. The first kappa shape index (κ1) is 13.9. The van der Waals surface area contributed by atoms with E-state index in [1.165, 1.54) is 4.57 Å². The van der Waals surface area contributed by atoms with Gasteiger partial charge in [0.15, 0.2) is 0 Å². The van der Waals surface area contributed by atoms with Crippen LogP contribution in [0.25, 0.3) is 5.69 Å². The van der Waals surface area contributed by atoms with E-state index >= 15 is 0 Å². The van der Waals surface area contributed by atoms with Gasteiger partial charge in [0, 0.05) is 37.0 Å². The maximum absolute atomic E-state index is 12.5. The van der Waals surface area contributed by atoms with Crippen LogP contribution in [0.5, 0.6) is 0 Å². The number of aromatic nitrogens is 1. The highest BCUT2D eigenvalue weighted by molar-refractivity contribution is 5.37. The van der Waals surface area contributed by atoms with Crippen LogP contribution < -0.4 is 10.9 Å². The Morgan fingerprint density at radius 2 is 1.76 bits per heavy atom. The molecule has 0 spiro atoms. The smallest absolute Gasteiger partial charge is 0.315 e. The number of nitrogens with one attached hydrogen (secondary N) is 1. The van der Waals surface area contributed by atoms with E-state index in [0.717, 1.165) is 30.9 Å². The summed E-state index contributed by atoms with van der Waals surface area (Å²) in [6, 6.07) is 8.84. The molecule has 3 nitrogen and oxygen atoms in total. The second kappa shape index (κ2) is 5.04. The van der Waals surface area contributed by atoms with Crippen molar-refractivity contribution in [1.29, 1.82) is 0 Å². The van der Waals surface area contributed by atoms with Crippen molar-refractivity contribution in [3.05, 3.63) is 64.1 Å². The van der Waals surface area contributed by atoms with Gasteiger partial charge in [-0.05, 0) is 23.8 Å². The normalized spacial score (nSPS) is 15.8. The summed E-state index contributed by atoms with van der Waals surface area (Å²) in [5.41, 5.74) is 0.103. The van der Waals surface area contributed by atoms with Crippen molar-refractivity contribution in [1.82, 2.24) is 9.88 Å². The molecule has 1 aromatic carbocycles. The fourth-order valence-corrected chi connectivity index (χ4v) is 2.30. The predicted octanol–water partition coefficient (Wildman–Crippen LogP) is 2.54. The SMILES string of the molecule is O=c1cc(C(F)(F)F)ccn1-c1ccc(C2CNC2)cc1. The van der Waals surface area contributed by atoms with E-state index in [1.807, 2.05) is 12.1 Å². The van der Waals surface area contributed by atoms with E-state index in [-0.39, 0.29) is 0 Å². The molecule has 110 valence electrons. The molecular weight excluding hydrogens is 281 g/mol. The Hall–Kier alpha value is -2.08. The van der Waals surface area contributed by atoms with Crippen LogP contribution >= 0.6 is 0 Å². The highest BCUT2D eigenvalue weighted by Gasteiger charge is 2.31. The average molecular weight is 294 g/mol. The summed E-state index contributed by atoms with van der Waals surface area (Å²) in [5, 5.41) is 3.17. The monoisotopic (exact) mass is 294 g/mol. The van der Waals surface area contributed by atoms with E-state index in [2.05, 4.69) is 5.32 Å². The molecule has 21 heavy (non-hydrogen) atoms. The van der Waals surface area contributed by atoms with Crippen LogP contribution in [0.3, 0.4) is 0 Å². The third-order valence-electron chi connectivity index (χ3n) is 3.67. The van der Waals surface area contributed by atoms with Gasteiger partial charge in [-0.1, -0.05) is 12.1 Å². The van der Waals surface area contributed by atoms with Gasteiger partial charge in [-0.25, -0.2) is 0 Å². The number of alkyl halides is 3. The number of rotatable bonds is 2. The van der Waals surface area contributed by atoms with E-state index in [1.54, 1.807) is 12.1 Å². The summed E-state index contributed by atoms with van der Waals surface area (Å²) in [7, 11) is 0. The fourth-order valence-electron chi connectivity index (χ4n) is 2.30. The molecule has 0 amide bonds. The lowest BCUT2D eigenvalue weighted by molar-refractivity contribution is -0.137. The van der Waals surface area contributed by atoms with Gasteiger partial charge in [0.25, 0.3) is 5.56 Å². The molecule has 0 unspecified atom stereocenters. The average Bonchev–Trinajstić information content (AvgIpc) is 2.37. The molecule has 0 aliphatic carbocycles. The first-order valence-corrected chi connectivity index (χ1v) is 6.56. The molecule has 3 rings (SSSR count). The van der Waals surface area contributed by atoms with Gasteiger partial charge < -0.3 is 5.32 Å². The maximum Gasteiger partial charge on any atom is 0.416 e. The zero-order valence-corrected chi connectivity index (χ0v) is 11.0. The number of benzene rings is 1. The standard InChI is InChI=1S/C15H13F3N2O/c16-15(17,18)12-5-6-20(14(21)7-12)13-3-1-10(2-4-13)11-8-19-9-11/h1-7,11,19H,8-9H2.